The van der Waals surface area contributed by atoms with Crippen molar-refractivity contribution in [2.45, 2.75) is 6.92 Å². The molecule has 1 aromatic carbocycles. The van der Waals surface area contributed by atoms with Crippen LogP contribution in [0.3, 0.4) is 0 Å². The van der Waals surface area contributed by atoms with Gasteiger partial charge in [-0.2, -0.15) is 0 Å². The van der Waals surface area contributed by atoms with Crippen molar-refractivity contribution >= 4 is 46.1 Å². The van der Waals surface area contributed by atoms with Crippen molar-refractivity contribution < 1.29 is 0 Å². The Hall–Kier alpha value is -1.20. The zero-order valence-electron chi connectivity index (χ0n) is 10.8. The quantitative estimate of drug-likeness (QED) is 0.566. The molecule has 0 fully saturated rings. The van der Waals surface area contributed by atoms with E-state index in [1.54, 1.807) is 6.20 Å². The topological polar surface area (TPSA) is 38.7 Å². The van der Waals surface area contributed by atoms with Gasteiger partial charge in [-0.1, -0.05) is 70.4 Å². The fraction of sp³-hybridized carbons (Fsp3) is 0.0714. The zero-order chi connectivity index (χ0) is 15.0. The van der Waals surface area contributed by atoms with Gasteiger partial charge in [0, 0.05) is 0 Å². The molecule has 0 aliphatic rings. The first-order chi connectivity index (χ1) is 10.1. The summed E-state index contributed by atoms with van der Waals surface area (Å²) in [6.45, 7) is 1.98. The van der Waals surface area contributed by atoms with Gasteiger partial charge in [0.25, 0.3) is 0 Å². The van der Waals surface area contributed by atoms with Crippen molar-refractivity contribution in [2.24, 2.45) is 0 Å². The Balaban J connectivity index is 2.15. The van der Waals surface area contributed by atoms with Crippen LogP contribution in [0.4, 0.5) is 0 Å². The second kappa shape index (κ2) is 5.89. The first kappa shape index (κ1) is 14.7. The molecule has 0 bridgehead atoms. The first-order valence-corrected chi connectivity index (χ1v) is 7.92. The number of rotatable bonds is 2. The third kappa shape index (κ3) is 2.90. The van der Waals surface area contributed by atoms with Crippen LogP contribution in [0.25, 0.3) is 22.0 Å². The van der Waals surface area contributed by atoms with Gasteiger partial charge >= 0.3 is 0 Å². The van der Waals surface area contributed by atoms with Gasteiger partial charge in [0.05, 0.1) is 11.8 Å². The number of benzene rings is 1. The largest absolute Gasteiger partial charge is 0.240 e. The van der Waals surface area contributed by atoms with Crippen LogP contribution in [0.1, 0.15) is 5.56 Å². The molecule has 0 atom stereocenters. The van der Waals surface area contributed by atoms with Gasteiger partial charge in [-0.05, 0) is 18.1 Å². The van der Waals surface area contributed by atoms with Crippen LogP contribution in [0.5, 0.6) is 0 Å². The van der Waals surface area contributed by atoms with E-state index >= 15 is 0 Å². The van der Waals surface area contributed by atoms with E-state index in [1.807, 2.05) is 31.2 Å². The Morgan fingerprint density at radius 2 is 1.67 bits per heavy atom. The molecule has 7 heteroatoms. The lowest BCUT2D eigenvalue weighted by Gasteiger charge is -2.09. The molecule has 2 heterocycles. The summed E-state index contributed by atoms with van der Waals surface area (Å²) in [6.07, 6.45) is 1.54. The third-order valence-electron chi connectivity index (χ3n) is 2.90. The van der Waals surface area contributed by atoms with Crippen LogP contribution in [0, 0.1) is 6.92 Å². The maximum Gasteiger partial charge on any atom is 0.191 e. The lowest BCUT2D eigenvalue weighted by molar-refractivity contribution is 1.16. The molecular weight excluding hydrogens is 349 g/mol. The van der Waals surface area contributed by atoms with Crippen LogP contribution >= 0.6 is 46.1 Å². The molecular formula is C14H8Cl3N3S. The molecule has 0 aliphatic heterocycles. The van der Waals surface area contributed by atoms with E-state index in [-0.39, 0.29) is 0 Å². The maximum absolute atomic E-state index is 6.31. The molecule has 106 valence electrons. The Labute approximate surface area is 140 Å². The molecule has 0 aliphatic carbocycles. The van der Waals surface area contributed by atoms with Gasteiger partial charge in [0.1, 0.15) is 14.6 Å². The van der Waals surface area contributed by atoms with Crippen LogP contribution < -0.4 is 0 Å². The zero-order valence-corrected chi connectivity index (χ0v) is 13.9. The summed E-state index contributed by atoms with van der Waals surface area (Å²) in [5.74, 6) is 0.374. The van der Waals surface area contributed by atoms with Gasteiger partial charge in [-0.15, -0.1) is 0 Å². The molecule has 3 rings (SSSR count). The monoisotopic (exact) mass is 355 g/mol. The Morgan fingerprint density at radius 1 is 1.00 bits per heavy atom. The average Bonchev–Trinajstić information content (AvgIpc) is 2.87. The van der Waals surface area contributed by atoms with Crippen LogP contribution in [0.2, 0.25) is 14.6 Å². The molecule has 2 aromatic heterocycles. The molecule has 3 nitrogen and oxygen atoms in total. The molecule has 3 aromatic rings. The minimum absolute atomic E-state index is 0.297. The SMILES string of the molecule is Cc1ccccc1-c1c(Cl)nc(-c2ncc(Cl)s2)nc1Cl. The Kier molecular flexibility index (Phi) is 4.13. The maximum atomic E-state index is 6.31. The summed E-state index contributed by atoms with van der Waals surface area (Å²) >= 11 is 19.8. The predicted molar refractivity (Wildman–Crippen MR) is 88.3 cm³/mol. The lowest BCUT2D eigenvalue weighted by Crippen LogP contribution is -1.95. The Bertz CT molecular complexity index is 794. The van der Waals surface area contributed by atoms with Crippen LogP contribution in [0.15, 0.2) is 30.5 Å². The van der Waals surface area contributed by atoms with E-state index in [9.17, 15) is 0 Å². The number of halogens is 3. The number of hydrogen-bond acceptors (Lipinski definition) is 4. The summed E-state index contributed by atoms with van der Waals surface area (Å²) in [5.41, 5.74) is 2.59. The van der Waals surface area contributed by atoms with Gasteiger partial charge < -0.3 is 0 Å². The fourth-order valence-corrected chi connectivity index (χ4v) is 3.37. The second-order valence-corrected chi connectivity index (χ2v) is 6.67. The highest BCUT2D eigenvalue weighted by molar-refractivity contribution is 7.18. The summed E-state index contributed by atoms with van der Waals surface area (Å²) in [4.78, 5) is 12.7. The van der Waals surface area contributed by atoms with E-state index in [4.69, 9.17) is 34.8 Å². The summed E-state index contributed by atoms with van der Waals surface area (Å²) in [7, 11) is 0. The molecule has 0 saturated carbocycles. The van der Waals surface area contributed by atoms with Crippen molar-refractivity contribution in [2.75, 3.05) is 0 Å². The lowest BCUT2D eigenvalue weighted by atomic mass is 10.0. The van der Waals surface area contributed by atoms with Crippen molar-refractivity contribution in [1.29, 1.82) is 0 Å². The van der Waals surface area contributed by atoms with Crippen LogP contribution in [-0.4, -0.2) is 15.0 Å². The number of aromatic nitrogens is 3. The molecule has 0 amide bonds. The normalized spacial score (nSPS) is 10.9. The molecule has 0 N–H and O–H groups in total. The average molecular weight is 357 g/mol. The number of nitrogens with zero attached hydrogens (tertiary/aromatic N) is 3. The van der Waals surface area contributed by atoms with E-state index in [0.29, 0.717) is 31.0 Å². The minimum atomic E-state index is 0.297. The van der Waals surface area contributed by atoms with E-state index in [2.05, 4.69) is 15.0 Å². The second-order valence-electron chi connectivity index (χ2n) is 4.29. The summed E-state index contributed by atoms with van der Waals surface area (Å²) in [6, 6.07) is 7.79. The molecule has 0 spiro atoms. The molecule has 0 saturated heterocycles. The van der Waals surface area contributed by atoms with E-state index in [1.165, 1.54) is 11.3 Å². The first-order valence-electron chi connectivity index (χ1n) is 5.97. The number of thiazole rings is 1. The van der Waals surface area contributed by atoms with E-state index in [0.717, 1.165) is 11.1 Å². The third-order valence-corrected chi connectivity index (χ3v) is 4.56. The highest BCUT2D eigenvalue weighted by Crippen LogP contribution is 2.36. The highest BCUT2D eigenvalue weighted by atomic mass is 35.5. The number of hydrogen-bond donors (Lipinski definition) is 0. The van der Waals surface area contributed by atoms with Gasteiger partial charge in [0.15, 0.2) is 10.8 Å². The van der Waals surface area contributed by atoms with Crippen molar-refractivity contribution in [3.05, 3.63) is 50.7 Å². The highest BCUT2D eigenvalue weighted by Gasteiger charge is 2.17. The van der Waals surface area contributed by atoms with Gasteiger partial charge in [0.2, 0.25) is 0 Å². The summed E-state index contributed by atoms with van der Waals surface area (Å²) in [5, 5.41) is 1.18. The smallest absolute Gasteiger partial charge is 0.191 e. The minimum Gasteiger partial charge on any atom is -0.240 e. The van der Waals surface area contributed by atoms with E-state index < -0.39 is 0 Å². The molecule has 0 radical (unpaired) electrons. The van der Waals surface area contributed by atoms with Crippen molar-refractivity contribution in [3.63, 3.8) is 0 Å². The van der Waals surface area contributed by atoms with Crippen molar-refractivity contribution in [3.8, 4) is 22.0 Å². The van der Waals surface area contributed by atoms with Gasteiger partial charge in [-0.25, -0.2) is 15.0 Å². The summed E-state index contributed by atoms with van der Waals surface area (Å²) < 4.78 is 0.559. The van der Waals surface area contributed by atoms with Gasteiger partial charge in [-0.3, -0.25) is 0 Å². The van der Waals surface area contributed by atoms with Crippen LogP contribution in [-0.2, 0) is 0 Å². The number of aryl methyl sites for hydroxylation is 1. The standard InChI is InChI=1S/C14H8Cl3N3S/c1-7-4-2-3-5-8(7)10-11(16)19-13(20-12(10)17)14-18-6-9(15)21-14/h2-6H,1H3. The molecule has 21 heavy (non-hydrogen) atoms. The van der Waals surface area contributed by atoms with Crippen molar-refractivity contribution in [1.82, 2.24) is 15.0 Å². The predicted octanol–water partition coefficient (Wildman–Crippen LogP) is 5.54. The fourth-order valence-electron chi connectivity index (χ4n) is 1.94. The molecule has 0 unspecified atom stereocenters. The Morgan fingerprint density at radius 3 is 2.24 bits per heavy atom.